The molecule has 196 valence electrons. The van der Waals surface area contributed by atoms with Crippen molar-refractivity contribution in [2.75, 3.05) is 20.2 Å². The van der Waals surface area contributed by atoms with Crippen LogP contribution in [0.2, 0.25) is 13.1 Å². The highest BCUT2D eigenvalue weighted by atomic mass is 28.3. The number of nitro benzene ring substituents is 1. The van der Waals surface area contributed by atoms with E-state index < -0.39 is 31.8 Å². The topological polar surface area (TPSA) is 120 Å². The number of benzene rings is 1. The lowest BCUT2D eigenvalue weighted by Gasteiger charge is -2.44. The molecule has 0 radical (unpaired) electrons. The predicted octanol–water partition coefficient (Wildman–Crippen LogP) is 3.84. The van der Waals surface area contributed by atoms with Crippen LogP contribution in [0, 0.1) is 21.4 Å². The number of rotatable bonds is 10. The molecular weight excluding hydrogens is 470 g/mol. The van der Waals surface area contributed by atoms with Gasteiger partial charge in [0.05, 0.1) is 24.0 Å². The van der Waals surface area contributed by atoms with Crippen LogP contribution in [0.25, 0.3) is 0 Å². The predicted molar refractivity (Wildman–Crippen MR) is 134 cm³/mol. The van der Waals surface area contributed by atoms with Gasteiger partial charge in [0.1, 0.15) is 6.61 Å². The lowest BCUT2D eigenvalue weighted by molar-refractivity contribution is -0.384. The molecule has 3 atom stereocenters. The van der Waals surface area contributed by atoms with Crippen molar-refractivity contribution in [3.8, 4) is 0 Å². The van der Waals surface area contributed by atoms with E-state index in [4.69, 9.17) is 13.9 Å². The minimum Gasteiger partial charge on any atom is -0.466 e. The molecule has 1 heterocycles. The summed E-state index contributed by atoms with van der Waals surface area (Å²) < 4.78 is 17.5. The van der Waals surface area contributed by atoms with Crippen molar-refractivity contribution in [1.82, 2.24) is 10.2 Å². The molecule has 1 fully saturated rings. The smallest absolute Gasteiger partial charge is 0.412 e. The molecular formula is C24H39N3O7Si. The largest absolute Gasteiger partial charge is 0.466 e. The Bertz CT molecular complexity index is 888. The van der Waals surface area contributed by atoms with Crippen LogP contribution < -0.4 is 5.32 Å². The molecule has 1 unspecified atom stereocenters. The van der Waals surface area contributed by atoms with Crippen molar-refractivity contribution < 1.29 is 28.4 Å². The molecule has 0 aliphatic carbocycles. The molecule has 0 spiro atoms. The summed E-state index contributed by atoms with van der Waals surface area (Å²) in [6.45, 7) is 12.9. The summed E-state index contributed by atoms with van der Waals surface area (Å²) in [6.07, 6.45) is 0.0575. The van der Waals surface area contributed by atoms with E-state index in [-0.39, 0.29) is 42.6 Å². The summed E-state index contributed by atoms with van der Waals surface area (Å²) in [7, 11) is 0.0679. The number of ether oxygens (including phenoxy) is 2. The number of nitrogens with zero attached hydrogens (tertiary/aromatic N) is 2. The second-order valence-electron chi connectivity index (χ2n) is 10.2. The molecule has 1 aromatic rings. The van der Waals surface area contributed by atoms with Crippen molar-refractivity contribution in [3.63, 3.8) is 0 Å². The fourth-order valence-corrected chi connectivity index (χ4v) is 5.66. The van der Waals surface area contributed by atoms with E-state index in [2.05, 4.69) is 26.1 Å². The standard InChI is InChI=1S/C24H39N3O7Si/c1-8-32-21(28)13-20(25-5)24(34-35(6)7)14-18(23(2,3)4)15-26(24)22(29)33-16-17-9-11-19(12-10-17)27(30)31/h9-12,18,20,25,35H,8,13-16H2,1-7H3/t18-,20?,24-/m0/s1. The maximum Gasteiger partial charge on any atom is 0.412 e. The molecule has 35 heavy (non-hydrogen) atoms. The molecule has 0 saturated carbocycles. The van der Waals surface area contributed by atoms with Crippen LogP contribution in [0.1, 0.15) is 46.1 Å². The van der Waals surface area contributed by atoms with Gasteiger partial charge in [-0.15, -0.1) is 0 Å². The molecule has 1 N–H and O–H groups in total. The Balaban J connectivity index is 2.36. The van der Waals surface area contributed by atoms with E-state index in [9.17, 15) is 19.7 Å². The molecule has 2 rings (SSSR count). The third-order valence-corrected chi connectivity index (χ3v) is 7.24. The van der Waals surface area contributed by atoms with Gasteiger partial charge in [-0.05, 0) is 56.1 Å². The third-order valence-electron chi connectivity index (χ3n) is 6.36. The highest BCUT2D eigenvalue weighted by Crippen LogP contribution is 2.46. The Morgan fingerprint density at radius 2 is 1.89 bits per heavy atom. The van der Waals surface area contributed by atoms with E-state index in [1.165, 1.54) is 12.1 Å². The lowest BCUT2D eigenvalue weighted by Crippen LogP contribution is -2.63. The zero-order valence-electron chi connectivity index (χ0n) is 21.8. The second kappa shape index (κ2) is 12.0. The van der Waals surface area contributed by atoms with Crippen molar-refractivity contribution in [2.45, 2.75) is 72.0 Å². The van der Waals surface area contributed by atoms with Crippen LogP contribution in [-0.4, -0.2) is 62.9 Å². The van der Waals surface area contributed by atoms with Gasteiger partial charge in [0.15, 0.2) is 14.8 Å². The Morgan fingerprint density at radius 3 is 2.37 bits per heavy atom. The number of likely N-dealkylation sites (N-methyl/N-ethyl adjacent to an activating group) is 1. The van der Waals surface area contributed by atoms with Gasteiger partial charge in [-0.3, -0.25) is 19.8 Å². The molecule has 1 saturated heterocycles. The van der Waals surface area contributed by atoms with Gasteiger partial charge in [-0.1, -0.05) is 20.8 Å². The van der Waals surface area contributed by atoms with Gasteiger partial charge >= 0.3 is 12.1 Å². The quantitative estimate of drug-likeness (QED) is 0.219. The van der Waals surface area contributed by atoms with Crippen molar-refractivity contribution >= 4 is 26.8 Å². The highest BCUT2D eigenvalue weighted by Gasteiger charge is 2.57. The zero-order valence-corrected chi connectivity index (χ0v) is 23.0. The lowest BCUT2D eigenvalue weighted by atomic mass is 9.78. The van der Waals surface area contributed by atoms with Gasteiger partial charge in [0.25, 0.3) is 5.69 Å². The van der Waals surface area contributed by atoms with Gasteiger partial charge in [0, 0.05) is 25.1 Å². The van der Waals surface area contributed by atoms with Gasteiger partial charge < -0.3 is 19.2 Å². The number of hydrogen-bond donors (Lipinski definition) is 1. The first-order valence-corrected chi connectivity index (χ1v) is 14.8. The van der Waals surface area contributed by atoms with Crippen molar-refractivity contribution in [1.29, 1.82) is 0 Å². The summed E-state index contributed by atoms with van der Waals surface area (Å²) in [5.41, 5.74) is -0.565. The minimum atomic E-state index is -1.68. The highest BCUT2D eigenvalue weighted by molar-refractivity contribution is 6.48. The molecule has 1 amide bonds. The Labute approximate surface area is 209 Å². The van der Waals surface area contributed by atoms with Crippen LogP contribution >= 0.6 is 0 Å². The number of amides is 1. The molecule has 1 aliphatic rings. The summed E-state index contributed by atoms with van der Waals surface area (Å²) in [6, 6.07) is 5.40. The van der Waals surface area contributed by atoms with E-state index >= 15 is 0 Å². The SMILES string of the molecule is CCOC(=O)CC(NC)[C@@]1(O[SiH](C)C)C[C@H](C(C)(C)C)CN1C(=O)OCc1ccc([N+](=O)[O-])cc1. The van der Waals surface area contributed by atoms with Crippen LogP contribution in [-0.2, 0) is 25.3 Å². The number of carbonyl (C=O) groups is 2. The fraction of sp³-hybridized carbons (Fsp3) is 0.667. The van der Waals surface area contributed by atoms with E-state index in [0.29, 0.717) is 18.5 Å². The fourth-order valence-electron chi connectivity index (χ4n) is 4.45. The zero-order chi connectivity index (χ0) is 26.4. The molecule has 1 aliphatic heterocycles. The van der Waals surface area contributed by atoms with Crippen molar-refractivity contribution in [2.24, 2.45) is 11.3 Å². The number of nitrogens with one attached hydrogen (secondary N) is 1. The van der Waals surface area contributed by atoms with Gasteiger partial charge in [0.2, 0.25) is 0 Å². The van der Waals surface area contributed by atoms with E-state index in [1.807, 2.05) is 13.1 Å². The number of esters is 1. The van der Waals surface area contributed by atoms with Crippen molar-refractivity contribution in [3.05, 3.63) is 39.9 Å². The van der Waals surface area contributed by atoms with Crippen LogP contribution in [0.5, 0.6) is 0 Å². The monoisotopic (exact) mass is 509 g/mol. The average Bonchev–Trinajstić information content (AvgIpc) is 3.16. The number of carbonyl (C=O) groups excluding carboxylic acids is 2. The molecule has 0 aromatic heterocycles. The molecule has 0 bridgehead atoms. The Hall–Kier alpha value is -2.50. The van der Waals surface area contributed by atoms with Crippen LogP contribution in [0.4, 0.5) is 10.5 Å². The second-order valence-corrected chi connectivity index (χ2v) is 12.6. The summed E-state index contributed by atoms with van der Waals surface area (Å²) >= 11 is 0. The maximum atomic E-state index is 13.5. The summed E-state index contributed by atoms with van der Waals surface area (Å²) in [5.74, 6) is -0.251. The van der Waals surface area contributed by atoms with Crippen LogP contribution in [0.3, 0.4) is 0 Å². The van der Waals surface area contributed by atoms with Gasteiger partial charge in [-0.2, -0.15) is 0 Å². The van der Waals surface area contributed by atoms with E-state index in [0.717, 1.165) is 0 Å². The average molecular weight is 510 g/mol. The summed E-state index contributed by atoms with van der Waals surface area (Å²) in [4.78, 5) is 38.0. The molecule has 1 aromatic carbocycles. The van der Waals surface area contributed by atoms with Gasteiger partial charge in [-0.25, -0.2) is 4.79 Å². The molecule has 11 heteroatoms. The normalized spacial score (nSPS) is 21.1. The first-order valence-electron chi connectivity index (χ1n) is 12.0. The Morgan fingerprint density at radius 1 is 1.26 bits per heavy atom. The number of hydrogen-bond acceptors (Lipinski definition) is 8. The van der Waals surface area contributed by atoms with Crippen LogP contribution in [0.15, 0.2) is 24.3 Å². The minimum absolute atomic E-state index is 0.0298. The first kappa shape index (κ1) is 28.7. The Kier molecular flexibility index (Phi) is 9.82. The number of non-ortho nitro benzene ring substituents is 1. The third kappa shape index (κ3) is 7.25. The maximum absolute atomic E-state index is 13.5. The summed E-state index contributed by atoms with van der Waals surface area (Å²) in [5, 5.41) is 14.1. The number of likely N-dealkylation sites (tertiary alicyclic amines) is 1. The number of nitro groups is 1. The van der Waals surface area contributed by atoms with E-state index in [1.54, 1.807) is 31.0 Å². The molecule has 10 nitrogen and oxygen atoms in total. The first-order chi connectivity index (χ1) is 16.3.